The average Bonchev–Trinajstić information content (AvgIpc) is 2.23. The molecular weight excluding hydrogens is 174 g/mol. The van der Waals surface area contributed by atoms with E-state index < -0.39 is 0 Å². The Balaban J connectivity index is 0.000000461. The van der Waals surface area contributed by atoms with E-state index in [1.54, 1.807) is 6.20 Å². The third-order valence-electron chi connectivity index (χ3n) is 2.03. The number of rotatable bonds is 0. The summed E-state index contributed by atoms with van der Waals surface area (Å²) in [5.41, 5.74) is 1.12. The smallest absolute Gasteiger partial charge is 0.255 e. The van der Waals surface area contributed by atoms with Gasteiger partial charge in [-0.3, -0.25) is 4.79 Å². The van der Waals surface area contributed by atoms with E-state index in [0.29, 0.717) is 0 Å². The Morgan fingerprint density at radius 1 is 1.07 bits per heavy atom. The first-order chi connectivity index (χ1) is 6.79. The first kappa shape index (κ1) is 10.5. The number of aromatic amines is 1. The fourth-order valence-corrected chi connectivity index (χ4v) is 1.38. The summed E-state index contributed by atoms with van der Waals surface area (Å²) in [6, 6.07) is 7.65. The molecule has 1 aromatic carbocycles. The van der Waals surface area contributed by atoms with Crippen LogP contribution in [0.3, 0.4) is 0 Å². The number of aromatic nitrogens is 1. The van der Waals surface area contributed by atoms with Crippen LogP contribution in [0.2, 0.25) is 0 Å². The van der Waals surface area contributed by atoms with E-state index >= 15 is 0 Å². The second kappa shape index (κ2) is 4.61. The Kier molecular flexibility index (Phi) is 3.46. The van der Waals surface area contributed by atoms with Crippen molar-refractivity contribution in [1.82, 2.24) is 4.98 Å². The van der Waals surface area contributed by atoms with Crippen LogP contribution < -0.4 is 5.56 Å². The number of hydrogen-bond acceptors (Lipinski definition) is 1. The summed E-state index contributed by atoms with van der Waals surface area (Å²) >= 11 is 0. The van der Waals surface area contributed by atoms with E-state index in [9.17, 15) is 4.79 Å². The van der Waals surface area contributed by atoms with Gasteiger partial charge in [-0.25, -0.2) is 0 Å². The number of hydrogen-bond donors (Lipinski definition) is 1. The van der Waals surface area contributed by atoms with Gasteiger partial charge in [0.1, 0.15) is 0 Å². The van der Waals surface area contributed by atoms with E-state index in [1.807, 2.05) is 45.0 Å². The van der Waals surface area contributed by atoms with E-state index in [-0.39, 0.29) is 5.56 Å². The highest BCUT2D eigenvalue weighted by Gasteiger charge is 1.97. The summed E-state index contributed by atoms with van der Waals surface area (Å²) < 4.78 is 0. The molecule has 2 heteroatoms. The highest BCUT2D eigenvalue weighted by Crippen LogP contribution is 2.12. The third kappa shape index (κ3) is 1.84. The number of benzene rings is 1. The summed E-state index contributed by atoms with van der Waals surface area (Å²) in [6.07, 6.45) is 1.68. The second-order valence-electron chi connectivity index (χ2n) is 2.84. The molecule has 14 heavy (non-hydrogen) atoms. The number of aryl methyl sites for hydroxylation is 1. The molecule has 0 aliphatic carbocycles. The summed E-state index contributed by atoms with van der Waals surface area (Å²) in [7, 11) is 0. The predicted molar refractivity (Wildman–Crippen MR) is 60.7 cm³/mol. The molecule has 74 valence electrons. The van der Waals surface area contributed by atoms with E-state index in [0.717, 1.165) is 16.3 Å². The van der Waals surface area contributed by atoms with Crippen LogP contribution in [-0.4, -0.2) is 4.98 Å². The maximum atomic E-state index is 11.3. The standard InChI is InChI=1S/C10H9NO.C2H6/c1-7-3-2-4-9-8(7)5-6-11-10(9)12;1-2/h2-6H,1H3,(H,11,12);1-2H3. The molecule has 0 fully saturated rings. The van der Waals surface area contributed by atoms with Crippen molar-refractivity contribution in [3.63, 3.8) is 0 Å². The Labute approximate surface area is 83.6 Å². The van der Waals surface area contributed by atoms with Crippen LogP contribution in [0.4, 0.5) is 0 Å². The topological polar surface area (TPSA) is 32.9 Å². The summed E-state index contributed by atoms with van der Waals surface area (Å²) in [6.45, 7) is 6.00. The molecule has 1 heterocycles. The van der Waals surface area contributed by atoms with Crippen LogP contribution in [-0.2, 0) is 0 Å². The van der Waals surface area contributed by atoms with Crippen molar-refractivity contribution in [1.29, 1.82) is 0 Å². The molecule has 0 spiro atoms. The lowest BCUT2D eigenvalue weighted by Gasteiger charge is -1.98. The molecule has 0 saturated heterocycles. The molecule has 0 amide bonds. The van der Waals surface area contributed by atoms with Crippen molar-refractivity contribution >= 4 is 10.8 Å². The van der Waals surface area contributed by atoms with Gasteiger partial charge in [0.15, 0.2) is 0 Å². The molecule has 1 N–H and O–H groups in total. The molecule has 0 atom stereocenters. The van der Waals surface area contributed by atoms with E-state index in [4.69, 9.17) is 0 Å². The molecule has 0 aliphatic rings. The normalized spacial score (nSPS) is 9.36. The van der Waals surface area contributed by atoms with Gasteiger partial charge >= 0.3 is 0 Å². The summed E-state index contributed by atoms with van der Waals surface area (Å²) in [5.74, 6) is 0. The minimum atomic E-state index is -0.0174. The van der Waals surface area contributed by atoms with Crippen molar-refractivity contribution in [2.45, 2.75) is 20.8 Å². The molecule has 2 rings (SSSR count). The van der Waals surface area contributed by atoms with Crippen LogP contribution >= 0.6 is 0 Å². The van der Waals surface area contributed by atoms with Crippen molar-refractivity contribution in [2.24, 2.45) is 0 Å². The number of fused-ring (bicyclic) bond motifs is 1. The molecule has 0 bridgehead atoms. The van der Waals surface area contributed by atoms with Crippen molar-refractivity contribution < 1.29 is 0 Å². The lowest BCUT2D eigenvalue weighted by Crippen LogP contribution is -2.04. The Hall–Kier alpha value is -1.57. The van der Waals surface area contributed by atoms with Crippen LogP contribution in [0.25, 0.3) is 10.8 Å². The maximum Gasteiger partial charge on any atom is 0.255 e. The SMILES string of the molecule is CC.Cc1cccc2c(=O)[nH]ccc12. The molecular formula is C12H15NO. The van der Waals surface area contributed by atoms with Gasteiger partial charge in [0.25, 0.3) is 5.56 Å². The summed E-state index contributed by atoms with van der Waals surface area (Å²) in [4.78, 5) is 13.9. The van der Waals surface area contributed by atoms with Gasteiger partial charge in [-0.2, -0.15) is 0 Å². The fourth-order valence-electron chi connectivity index (χ4n) is 1.38. The van der Waals surface area contributed by atoms with Gasteiger partial charge in [0.05, 0.1) is 0 Å². The zero-order valence-electron chi connectivity index (χ0n) is 8.79. The second-order valence-corrected chi connectivity index (χ2v) is 2.84. The van der Waals surface area contributed by atoms with Crippen LogP contribution in [0, 0.1) is 6.92 Å². The highest BCUT2D eigenvalue weighted by molar-refractivity contribution is 5.84. The Morgan fingerprint density at radius 2 is 1.79 bits per heavy atom. The molecule has 0 unspecified atom stereocenters. The molecule has 2 nitrogen and oxygen atoms in total. The van der Waals surface area contributed by atoms with Crippen LogP contribution in [0.1, 0.15) is 19.4 Å². The first-order valence-electron chi connectivity index (χ1n) is 4.86. The van der Waals surface area contributed by atoms with Gasteiger partial charge in [-0.05, 0) is 30.0 Å². The number of pyridine rings is 1. The van der Waals surface area contributed by atoms with Gasteiger partial charge in [-0.1, -0.05) is 26.0 Å². The van der Waals surface area contributed by atoms with Gasteiger partial charge < -0.3 is 4.98 Å². The number of H-pyrrole nitrogens is 1. The predicted octanol–water partition coefficient (Wildman–Crippen LogP) is 2.86. The zero-order valence-corrected chi connectivity index (χ0v) is 8.79. The minimum Gasteiger partial charge on any atom is -0.329 e. The highest BCUT2D eigenvalue weighted by atomic mass is 16.1. The van der Waals surface area contributed by atoms with E-state index in [2.05, 4.69) is 4.98 Å². The molecule has 0 aliphatic heterocycles. The van der Waals surface area contributed by atoms with Crippen LogP contribution in [0.5, 0.6) is 0 Å². The zero-order chi connectivity index (χ0) is 10.6. The summed E-state index contributed by atoms with van der Waals surface area (Å²) in [5, 5.41) is 1.79. The number of nitrogens with one attached hydrogen (secondary N) is 1. The monoisotopic (exact) mass is 189 g/mol. The average molecular weight is 189 g/mol. The Morgan fingerprint density at radius 3 is 2.43 bits per heavy atom. The van der Waals surface area contributed by atoms with Gasteiger partial charge in [0, 0.05) is 11.6 Å². The fraction of sp³-hybridized carbons (Fsp3) is 0.250. The van der Waals surface area contributed by atoms with Crippen LogP contribution in [0.15, 0.2) is 35.3 Å². The van der Waals surface area contributed by atoms with Crippen molar-refractivity contribution in [3.8, 4) is 0 Å². The Bertz CT molecular complexity index is 471. The first-order valence-corrected chi connectivity index (χ1v) is 4.86. The quantitative estimate of drug-likeness (QED) is 0.679. The van der Waals surface area contributed by atoms with Gasteiger partial charge in [0.2, 0.25) is 0 Å². The maximum absolute atomic E-state index is 11.3. The molecule has 0 saturated carbocycles. The molecule has 2 aromatic rings. The van der Waals surface area contributed by atoms with E-state index in [1.165, 1.54) is 0 Å². The molecule has 1 aromatic heterocycles. The lowest BCUT2D eigenvalue weighted by molar-refractivity contribution is 1.27. The van der Waals surface area contributed by atoms with Crippen molar-refractivity contribution in [3.05, 3.63) is 46.4 Å². The van der Waals surface area contributed by atoms with Crippen molar-refractivity contribution in [2.75, 3.05) is 0 Å². The molecule has 0 radical (unpaired) electrons. The third-order valence-corrected chi connectivity index (χ3v) is 2.03. The van der Waals surface area contributed by atoms with Gasteiger partial charge in [-0.15, -0.1) is 0 Å². The minimum absolute atomic E-state index is 0.0174. The largest absolute Gasteiger partial charge is 0.329 e. The lowest BCUT2D eigenvalue weighted by atomic mass is 10.1.